The third kappa shape index (κ3) is 5.01. The molecule has 1 aromatic rings. The molecule has 0 aromatic heterocycles. The van der Waals surface area contributed by atoms with Crippen molar-refractivity contribution in [2.45, 2.75) is 6.92 Å². The summed E-state index contributed by atoms with van der Waals surface area (Å²) >= 11 is 3.34. The SMILES string of the molecule is Cc1ccc(NC(=O)NC/C=C/C(=O)O)c(Br)c1. The lowest BCUT2D eigenvalue weighted by molar-refractivity contribution is -0.131. The summed E-state index contributed by atoms with van der Waals surface area (Å²) in [7, 11) is 0. The molecule has 6 heteroatoms. The molecule has 0 bridgehead atoms. The van der Waals surface area contributed by atoms with Crippen LogP contribution in [0.2, 0.25) is 0 Å². The minimum atomic E-state index is -1.04. The van der Waals surface area contributed by atoms with Crippen LogP contribution in [-0.2, 0) is 4.79 Å². The van der Waals surface area contributed by atoms with Crippen LogP contribution < -0.4 is 10.6 Å². The average molecular weight is 313 g/mol. The van der Waals surface area contributed by atoms with Crippen LogP contribution in [0, 0.1) is 6.92 Å². The summed E-state index contributed by atoms with van der Waals surface area (Å²) in [6.07, 6.45) is 2.33. The number of carboxylic acid groups (broad SMARTS) is 1. The molecule has 0 spiro atoms. The molecule has 5 nitrogen and oxygen atoms in total. The molecule has 0 fully saturated rings. The summed E-state index contributed by atoms with van der Waals surface area (Å²) in [5.74, 6) is -1.04. The van der Waals surface area contributed by atoms with Crippen LogP contribution in [0.5, 0.6) is 0 Å². The molecule has 0 aliphatic rings. The van der Waals surface area contributed by atoms with Crippen molar-refractivity contribution in [1.82, 2.24) is 5.32 Å². The first-order chi connectivity index (χ1) is 8.49. The summed E-state index contributed by atoms with van der Waals surface area (Å²) in [5.41, 5.74) is 1.73. The number of rotatable bonds is 4. The van der Waals surface area contributed by atoms with E-state index in [4.69, 9.17) is 5.11 Å². The summed E-state index contributed by atoms with van der Waals surface area (Å²) in [5, 5.41) is 13.5. The Hall–Kier alpha value is -1.82. The van der Waals surface area contributed by atoms with Gasteiger partial charge in [-0.2, -0.15) is 0 Å². The summed E-state index contributed by atoms with van der Waals surface area (Å²) in [4.78, 5) is 21.7. The number of carbonyl (C=O) groups excluding carboxylic acids is 1. The van der Waals surface area contributed by atoms with Gasteiger partial charge in [0, 0.05) is 17.1 Å². The minimum Gasteiger partial charge on any atom is -0.478 e. The first kappa shape index (κ1) is 14.2. The fourth-order valence-electron chi connectivity index (χ4n) is 1.20. The van der Waals surface area contributed by atoms with Gasteiger partial charge in [-0.1, -0.05) is 12.1 Å². The number of aliphatic carboxylic acids is 1. The van der Waals surface area contributed by atoms with Gasteiger partial charge in [-0.3, -0.25) is 0 Å². The Morgan fingerprint density at radius 2 is 2.17 bits per heavy atom. The van der Waals surface area contributed by atoms with Crippen molar-refractivity contribution in [2.75, 3.05) is 11.9 Å². The van der Waals surface area contributed by atoms with Crippen LogP contribution in [0.4, 0.5) is 10.5 Å². The van der Waals surface area contributed by atoms with E-state index >= 15 is 0 Å². The second-order valence-electron chi connectivity index (χ2n) is 3.56. The Balaban J connectivity index is 2.47. The molecule has 0 atom stereocenters. The Morgan fingerprint density at radius 1 is 1.44 bits per heavy atom. The topological polar surface area (TPSA) is 78.4 Å². The van der Waals surface area contributed by atoms with Gasteiger partial charge in [0.05, 0.1) is 5.69 Å². The van der Waals surface area contributed by atoms with E-state index < -0.39 is 12.0 Å². The maximum absolute atomic E-state index is 11.5. The lowest BCUT2D eigenvalue weighted by Crippen LogP contribution is -2.28. The number of aryl methyl sites for hydroxylation is 1. The Morgan fingerprint density at radius 3 is 2.78 bits per heavy atom. The fraction of sp³-hybridized carbons (Fsp3) is 0.167. The highest BCUT2D eigenvalue weighted by molar-refractivity contribution is 9.10. The van der Waals surface area contributed by atoms with Gasteiger partial charge in [0.15, 0.2) is 0 Å². The predicted octanol–water partition coefficient (Wildman–Crippen LogP) is 2.52. The largest absolute Gasteiger partial charge is 0.478 e. The molecule has 1 aromatic carbocycles. The Kier molecular flexibility index (Phi) is 5.38. The van der Waals surface area contributed by atoms with E-state index in [0.717, 1.165) is 16.1 Å². The van der Waals surface area contributed by atoms with E-state index in [-0.39, 0.29) is 6.54 Å². The first-order valence-electron chi connectivity index (χ1n) is 5.19. The minimum absolute atomic E-state index is 0.154. The highest BCUT2D eigenvalue weighted by Gasteiger charge is 2.03. The predicted molar refractivity (Wildman–Crippen MR) is 72.7 cm³/mol. The van der Waals surface area contributed by atoms with E-state index in [1.54, 1.807) is 6.07 Å². The molecule has 1 rings (SSSR count). The van der Waals surface area contributed by atoms with Crippen LogP contribution in [0.25, 0.3) is 0 Å². The number of benzene rings is 1. The molecule has 0 radical (unpaired) electrons. The van der Waals surface area contributed by atoms with Gasteiger partial charge in [-0.25, -0.2) is 9.59 Å². The van der Waals surface area contributed by atoms with Gasteiger partial charge in [0.25, 0.3) is 0 Å². The lowest BCUT2D eigenvalue weighted by Gasteiger charge is -2.08. The molecule has 0 unspecified atom stereocenters. The second kappa shape index (κ2) is 6.80. The van der Waals surface area contributed by atoms with Gasteiger partial charge in [-0.15, -0.1) is 0 Å². The van der Waals surface area contributed by atoms with E-state index in [1.807, 2.05) is 19.1 Å². The second-order valence-corrected chi connectivity index (χ2v) is 4.41. The average Bonchev–Trinajstić information content (AvgIpc) is 2.28. The van der Waals surface area contributed by atoms with Crippen molar-refractivity contribution in [3.8, 4) is 0 Å². The summed E-state index contributed by atoms with van der Waals surface area (Å²) < 4.78 is 0.790. The van der Waals surface area contributed by atoms with Crippen molar-refractivity contribution < 1.29 is 14.7 Å². The van der Waals surface area contributed by atoms with Crippen LogP contribution in [-0.4, -0.2) is 23.7 Å². The van der Waals surface area contributed by atoms with E-state index in [0.29, 0.717) is 5.69 Å². The van der Waals surface area contributed by atoms with Crippen molar-refractivity contribution >= 4 is 33.6 Å². The molecule has 0 aliphatic heterocycles. The van der Waals surface area contributed by atoms with Crippen LogP contribution >= 0.6 is 15.9 Å². The maximum atomic E-state index is 11.5. The molecule has 0 aliphatic carbocycles. The van der Waals surface area contributed by atoms with E-state index in [1.165, 1.54) is 6.08 Å². The van der Waals surface area contributed by atoms with Crippen LogP contribution in [0.15, 0.2) is 34.8 Å². The number of carboxylic acids is 1. The standard InChI is InChI=1S/C12H13BrN2O3/c1-8-4-5-10(9(13)7-8)15-12(18)14-6-2-3-11(16)17/h2-5,7H,6H2,1H3,(H,16,17)(H2,14,15,18)/b3-2+. The molecule has 0 saturated carbocycles. The van der Waals surface area contributed by atoms with Crippen molar-refractivity contribution in [1.29, 1.82) is 0 Å². The number of hydrogen-bond donors (Lipinski definition) is 3. The van der Waals surface area contributed by atoms with Gasteiger partial charge in [-0.05, 0) is 40.5 Å². The van der Waals surface area contributed by atoms with Crippen LogP contribution in [0.3, 0.4) is 0 Å². The smallest absolute Gasteiger partial charge is 0.328 e. The highest BCUT2D eigenvalue weighted by atomic mass is 79.9. The number of nitrogens with one attached hydrogen (secondary N) is 2. The third-order valence-electron chi connectivity index (χ3n) is 2.01. The van der Waals surface area contributed by atoms with Gasteiger partial charge in [0.2, 0.25) is 0 Å². The lowest BCUT2D eigenvalue weighted by atomic mass is 10.2. The number of hydrogen-bond acceptors (Lipinski definition) is 2. The zero-order chi connectivity index (χ0) is 13.5. The molecule has 0 saturated heterocycles. The van der Waals surface area contributed by atoms with Crippen LogP contribution in [0.1, 0.15) is 5.56 Å². The third-order valence-corrected chi connectivity index (χ3v) is 2.67. The highest BCUT2D eigenvalue weighted by Crippen LogP contribution is 2.22. The fourth-order valence-corrected chi connectivity index (χ4v) is 1.79. The zero-order valence-electron chi connectivity index (χ0n) is 9.74. The van der Waals surface area contributed by atoms with Gasteiger partial charge in [0.1, 0.15) is 0 Å². The maximum Gasteiger partial charge on any atom is 0.328 e. The Bertz CT molecular complexity index is 486. The number of anilines is 1. The number of carbonyl (C=O) groups is 2. The van der Waals surface area contributed by atoms with Crippen molar-refractivity contribution in [2.24, 2.45) is 0 Å². The molecule has 96 valence electrons. The van der Waals surface area contributed by atoms with Gasteiger partial charge >= 0.3 is 12.0 Å². The molecule has 18 heavy (non-hydrogen) atoms. The number of halogens is 1. The van der Waals surface area contributed by atoms with E-state index in [9.17, 15) is 9.59 Å². The normalized spacial score (nSPS) is 10.3. The number of amides is 2. The van der Waals surface area contributed by atoms with Crippen molar-refractivity contribution in [3.63, 3.8) is 0 Å². The zero-order valence-corrected chi connectivity index (χ0v) is 11.3. The summed E-state index contributed by atoms with van der Waals surface area (Å²) in [6.45, 7) is 2.10. The van der Waals surface area contributed by atoms with Crippen molar-refractivity contribution in [3.05, 3.63) is 40.4 Å². The first-order valence-corrected chi connectivity index (χ1v) is 5.99. The summed E-state index contributed by atoms with van der Waals surface area (Å²) in [6, 6.07) is 5.16. The number of urea groups is 1. The quantitative estimate of drug-likeness (QED) is 0.747. The molecular weight excluding hydrogens is 300 g/mol. The Labute approximate surface area is 113 Å². The molecule has 2 amide bonds. The molecule has 0 heterocycles. The van der Waals surface area contributed by atoms with E-state index in [2.05, 4.69) is 26.6 Å². The molecule has 3 N–H and O–H groups in total. The monoisotopic (exact) mass is 312 g/mol. The molecular formula is C12H13BrN2O3. The van der Waals surface area contributed by atoms with Gasteiger partial charge < -0.3 is 15.7 Å².